The minimum absolute atomic E-state index is 0.00443. The number of hydrogen-bond donors (Lipinski definition) is 1. The van der Waals surface area contributed by atoms with Gasteiger partial charge in [-0.1, -0.05) is 12.8 Å². The summed E-state index contributed by atoms with van der Waals surface area (Å²) in [6.45, 7) is 3.13. The molecule has 0 aromatic heterocycles. The molecule has 1 unspecified atom stereocenters. The zero-order chi connectivity index (χ0) is 12.8. The smallest absolute Gasteiger partial charge is 0.319 e. The van der Waals surface area contributed by atoms with Gasteiger partial charge in [0.25, 0.3) is 0 Å². The van der Waals surface area contributed by atoms with Crippen LogP contribution in [0.1, 0.15) is 39.0 Å². The molecule has 0 aromatic rings. The predicted octanol–water partition coefficient (Wildman–Crippen LogP) is 1.78. The molecule has 5 nitrogen and oxygen atoms in total. The molecule has 0 spiro atoms. The largest absolute Gasteiger partial charge is 0.481 e. The summed E-state index contributed by atoms with van der Waals surface area (Å²) in [6, 6.07) is 0.220. The lowest BCUT2D eigenvalue weighted by Gasteiger charge is -2.31. The van der Waals surface area contributed by atoms with E-state index in [4.69, 9.17) is 5.11 Å². The van der Waals surface area contributed by atoms with Crippen LogP contribution in [0, 0.1) is 0 Å². The molecule has 1 heterocycles. The van der Waals surface area contributed by atoms with E-state index < -0.39 is 5.97 Å². The highest BCUT2D eigenvalue weighted by molar-refractivity contribution is 5.75. The van der Waals surface area contributed by atoms with Crippen molar-refractivity contribution in [3.63, 3.8) is 0 Å². The fraction of sp³-hybridized carbons (Fsp3) is 0.833. The molecule has 0 radical (unpaired) electrons. The van der Waals surface area contributed by atoms with Crippen molar-refractivity contribution < 1.29 is 14.7 Å². The van der Waals surface area contributed by atoms with E-state index in [2.05, 4.69) is 6.92 Å². The quantitative estimate of drug-likeness (QED) is 0.820. The van der Waals surface area contributed by atoms with Crippen LogP contribution in [0.3, 0.4) is 0 Å². The number of likely N-dealkylation sites (tertiary alicyclic amines) is 1. The number of aliphatic carboxylic acids is 1. The molecule has 0 aromatic carbocycles. The van der Waals surface area contributed by atoms with Crippen LogP contribution in [0.25, 0.3) is 0 Å². The second-order valence-electron chi connectivity index (χ2n) is 4.74. The standard InChI is InChI=1S/C12H22N2O3/c1-10-6-4-3-5-8-14(10)12(17)13(2)9-7-11(15)16/h10H,3-9H2,1-2H3,(H,15,16). The van der Waals surface area contributed by atoms with E-state index in [9.17, 15) is 9.59 Å². The van der Waals surface area contributed by atoms with E-state index in [0.29, 0.717) is 0 Å². The topological polar surface area (TPSA) is 60.9 Å². The Morgan fingerprint density at radius 1 is 1.35 bits per heavy atom. The van der Waals surface area contributed by atoms with Crippen molar-refractivity contribution in [1.29, 1.82) is 0 Å². The Kier molecular flexibility index (Phi) is 5.25. The van der Waals surface area contributed by atoms with Gasteiger partial charge in [0.15, 0.2) is 0 Å². The molecule has 1 aliphatic heterocycles. The van der Waals surface area contributed by atoms with Gasteiger partial charge in [0.1, 0.15) is 0 Å². The Morgan fingerprint density at radius 2 is 2.06 bits per heavy atom. The minimum Gasteiger partial charge on any atom is -0.481 e. The highest BCUT2D eigenvalue weighted by Crippen LogP contribution is 2.17. The van der Waals surface area contributed by atoms with Gasteiger partial charge in [0.2, 0.25) is 0 Å². The lowest BCUT2D eigenvalue weighted by Crippen LogP contribution is -2.46. The molecular formula is C12H22N2O3. The Morgan fingerprint density at radius 3 is 2.71 bits per heavy atom. The van der Waals surface area contributed by atoms with Crippen molar-refractivity contribution in [1.82, 2.24) is 9.80 Å². The summed E-state index contributed by atoms with van der Waals surface area (Å²) < 4.78 is 0. The third-order valence-corrected chi connectivity index (χ3v) is 3.29. The summed E-state index contributed by atoms with van der Waals surface area (Å²) in [4.78, 5) is 26.0. The Hall–Kier alpha value is -1.26. The maximum atomic E-state index is 12.1. The number of nitrogens with zero attached hydrogens (tertiary/aromatic N) is 2. The molecule has 17 heavy (non-hydrogen) atoms. The highest BCUT2D eigenvalue weighted by Gasteiger charge is 2.24. The molecule has 1 rings (SSSR count). The maximum Gasteiger partial charge on any atom is 0.319 e. The summed E-state index contributed by atoms with van der Waals surface area (Å²) in [5, 5.41) is 8.60. The van der Waals surface area contributed by atoms with Crippen LogP contribution in [-0.4, -0.2) is 53.1 Å². The van der Waals surface area contributed by atoms with Crippen molar-refractivity contribution in [3.05, 3.63) is 0 Å². The molecule has 1 atom stereocenters. The Bertz CT molecular complexity index is 281. The summed E-state index contributed by atoms with van der Waals surface area (Å²) in [5.41, 5.74) is 0. The first kappa shape index (κ1) is 13.8. The second kappa shape index (κ2) is 6.47. The first-order chi connectivity index (χ1) is 8.02. The summed E-state index contributed by atoms with van der Waals surface area (Å²) >= 11 is 0. The zero-order valence-electron chi connectivity index (χ0n) is 10.7. The van der Waals surface area contributed by atoms with Gasteiger partial charge in [-0.05, 0) is 19.8 Å². The highest BCUT2D eigenvalue weighted by atomic mass is 16.4. The van der Waals surface area contributed by atoms with Crippen molar-refractivity contribution in [2.75, 3.05) is 20.1 Å². The first-order valence-corrected chi connectivity index (χ1v) is 6.26. The number of amides is 2. The van der Waals surface area contributed by atoms with Crippen molar-refractivity contribution in [2.45, 2.75) is 45.1 Å². The average molecular weight is 242 g/mol. The second-order valence-corrected chi connectivity index (χ2v) is 4.74. The van der Waals surface area contributed by atoms with Gasteiger partial charge in [-0.25, -0.2) is 4.79 Å². The molecule has 98 valence electrons. The van der Waals surface area contributed by atoms with E-state index in [1.807, 2.05) is 4.90 Å². The van der Waals surface area contributed by atoms with E-state index in [-0.39, 0.29) is 25.0 Å². The Balaban J connectivity index is 2.51. The maximum absolute atomic E-state index is 12.1. The number of carbonyl (C=O) groups is 2. The zero-order valence-corrected chi connectivity index (χ0v) is 10.7. The summed E-state index contributed by atoms with van der Waals surface area (Å²) in [6.07, 6.45) is 4.43. The minimum atomic E-state index is -0.867. The number of carbonyl (C=O) groups excluding carboxylic acids is 1. The van der Waals surface area contributed by atoms with Crippen LogP contribution in [0.4, 0.5) is 4.79 Å². The average Bonchev–Trinajstić information content (AvgIpc) is 2.49. The normalized spacial score (nSPS) is 20.8. The van der Waals surface area contributed by atoms with Gasteiger partial charge < -0.3 is 14.9 Å². The SMILES string of the molecule is CC1CCCCCN1C(=O)N(C)CCC(=O)O. The number of carboxylic acids is 1. The van der Waals surface area contributed by atoms with Crippen LogP contribution < -0.4 is 0 Å². The molecule has 0 saturated carbocycles. The lowest BCUT2D eigenvalue weighted by molar-refractivity contribution is -0.137. The third-order valence-electron chi connectivity index (χ3n) is 3.29. The molecule has 1 aliphatic rings. The Labute approximate surface area is 102 Å². The van der Waals surface area contributed by atoms with E-state index in [1.165, 1.54) is 17.7 Å². The summed E-state index contributed by atoms with van der Waals surface area (Å²) in [7, 11) is 1.67. The van der Waals surface area contributed by atoms with Crippen molar-refractivity contribution in [3.8, 4) is 0 Å². The molecule has 0 bridgehead atoms. The van der Waals surface area contributed by atoms with Gasteiger partial charge in [-0.2, -0.15) is 0 Å². The van der Waals surface area contributed by atoms with Gasteiger partial charge in [0, 0.05) is 26.2 Å². The van der Waals surface area contributed by atoms with Gasteiger partial charge in [0.05, 0.1) is 6.42 Å². The molecule has 1 fully saturated rings. The molecule has 5 heteroatoms. The molecule has 2 amide bonds. The first-order valence-electron chi connectivity index (χ1n) is 6.26. The summed E-state index contributed by atoms with van der Waals surface area (Å²) in [5.74, 6) is -0.867. The third kappa shape index (κ3) is 4.24. The van der Waals surface area contributed by atoms with Crippen molar-refractivity contribution >= 4 is 12.0 Å². The number of carboxylic acid groups (broad SMARTS) is 1. The predicted molar refractivity (Wildman–Crippen MR) is 64.9 cm³/mol. The fourth-order valence-electron chi connectivity index (χ4n) is 2.14. The van der Waals surface area contributed by atoms with Gasteiger partial charge in [-0.3, -0.25) is 4.79 Å². The number of rotatable bonds is 3. The van der Waals surface area contributed by atoms with Gasteiger partial charge >= 0.3 is 12.0 Å². The molecule has 0 aliphatic carbocycles. The van der Waals surface area contributed by atoms with E-state index in [1.54, 1.807) is 7.05 Å². The van der Waals surface area contributed by atoms with E-state index in [0.717, 1.165) is 19.4 Å². The monoisotopic (exact) mass is 242 g/mol. The molecular weight excluding hydrogens is 220 g/mol. The van der Waals surface area contributed by atoms with Crippen LogP contribution in [-0.2, 0) is 4.79 Å². The number of urea groups is 1. The number of hydrogen-bond acceptors (Lipinski definition) is 2. The van der Waals surface area contributed by atoms with Crippen LogP contribution in [0.15, 0.2) is 0 Å². The molecule has 1 N–H and O–H groups in total. The van der Waals surface area contributed by atoms with Gasteiger partial charge in [-0.15, -0.1) is 0 Å². The van der Waals surface area contributed by atoms with Crippen LogP contribution >= 0.6 is 0 Å². The van der Waals surface area contributed by atoms with Crippen LogP contribution in [0.5, 0.6) is 0 Å². The van der Waals surface area contributed by atoms with Crippen LogP contribution in [0.2, 0.25) is 0 Å². The van der Waals surface area contributed by atoms with E-state index >= 15 is 0 Å². The van der Waals surface area contributed by atoms with Crippen molar-refractivity contribution in [2.24, 2.45) is 0 Å². The fourth-order valence-corrected chi connectivity index (χ4v) is 2.14. The molecule has 1 saturated heterocycles. The lowest BCUT2D eigenvalue weighted by atomic mass is 10.1.